The Labute approximate surface area is 106 Å². The first-order valence-electron chi connectivity index (χ1n) is 5.90. The maximum absolute atomic E-state index is 12.1. The van der Waals surface area contributed by atoms with Gasteiger partial charge in [0.2, 0.25) is 0 Å². The molecule has 94 valence electrons. The van der Waals surface area contributed by atoms with Crippen LogP contribution in [0.4, 0.5) is 0 Å². The fourth-order valence-electron chi connectivity index (χ4n) is 1.67. The van der Waals surface area contributed by atoms with Crippen molar-refractivity contribution in [3.05, 3.63) is 35.8 Å². The summed E-state index contributed by atoms with van der Waals surface area (Å²) in [6.45, 7) is 5.68. The fraction of sp³-hybridized carbons (Fsp3) is 0.308. The Morgan fingerprint density at radius 2 is 2.28 bits per heavy atom. The number of nitrogens with zero attached hydrogens (tertiary/aromatic N) is 3. The van der Waals surface area contributed by atoms with Crippen molar-refractivity contribution >= 4 is 17.3 Å². The third-order valence-corrected chi connectivity index (χ3v) is 2.78. The average Bonchev–Trinajstić information content (AvgIpc) is 2.71. The minimum Gasteiger partial charge on any atom is -0.295 e. The number of aryl methyl sites for hydroxylation is 1. The lowest BCUT2D eigenvalue weighted by Crippen LogP contribution is -2.21. The van der Waals surface area contributed by atoms with Crippen molar-refractivity contribution in [1.29, 1.82) is 0 Å². The third kappa shape index (κ3) is 2.25. The molecule has 0 fully saturated rings. The van der Waals surface area contributed by atoms with Gasteiger partial charge in [0.25, 0.3) is 5.91 Å². The number of hydrogen-bond acceptors (Lipinski definition) is 3. The second-order valence-electron chi connectivity index (χ2n) is 4.12. The van der Waals surface area contributed by atoms with E-state index >= 15 is 0 Å². The summed E-state index contributed by atoms with van der Waals surface area (Å²) in [4.78, 5) is 16.4. The zero-order valence-corrected chi connectivity index (χ0v) is 10.8. The van der Waals surface area contributed by atoms with Gasteiger partial charge in [0, 0.05) is 11.9 Å². The first kappa shape index (κ1) is 12.3. The van der Waals surface area contributed by atoms with Crippen molar-refractivity contribution in [2.45, 2.75) is 27.2 Å². The Bertz CT molecular complexity index is 612. The summed E-state index contributed by atoms with van der Waals surface area (Å²) >= 11 is 0. The summed E-state index contributed by atoms with van der Waals surface area (Å²) in [5, 5.41) is 4.02. The maximum Gasteiger partial charge on any atom is 0.290 e. The second kappa shape index (κ2) is 5.00. The molecule has 0 saturated heterocycles. The Morgan fingerprint density at radius 3 is 3.00 bits per heavy atom. The van der Waals surface area contributed by atoms with Gasteiger partial charge in [-0.2, -0.15) is 5.10 Å². The van der Waals surface area contributed by atoms with Crippen LogP contribution in [0.3, 0.4) is 0 Å². The van der Waals surface area contributed by atoms with E-state index in [-0.39, 0.29) is 5.91 Å². The van der Waals surface area contributed by atoms with E-state index in [2.05, 4.69) is 15.5 Å². The van der Waals surface area contributed by atoms with E-state index in [1.54, 1.807) is 4.40 Å². The molecule has 5 heteroatoms. The van der Waals surface area contributed by atoms with Gasteiger partial charge in [0.15, 0.2) is 0 Å². The third-order valence-electron chi connectivity index (χ3n) is 2.78. The van der Waals surface area contributed by atoms with Gasteiger partial charge in [0.1, 0.15) is 11.3 Å². The van der Waals surface area contributed by atoms with Crippen molar-refractivity contribution in [3.8, 4) is 0 Å². The topological polar surface area (TPSA) is 58.8 Å². The lowest BCUT2D eigenvalue weighted by Gasteiger charge is -2.02. The first-order valence-corrected chi connectivity index (χ1v) is 5.90. The molecule has 1 amide bonds. The fourth-order valence-corrected chi connectivity index (χ4v) is 1.67. The molecule has 0 unspecified atom stereocenters. The van der Waals surface area contributed by atoms with Crippen molar-refractivity contribution in [3.63, 3.8) is 0 Å². The van der Waals surface area contributed by atoms with Crippen molar-refractivity contribution in [1.82, 2.24) is 14.8 Å². The number of rotatable bonds is 3. The van der Waals surface area contributed by atoms with Gasteiger partial charge < -0.3 is 0 Å². The van der Waals surface area contributed by atoms with Crippen LogP contribution in [0.15, 0.2) is 29.5 Å². The van der Waals surface area contributed by atoms with Crippen LogP contribution in [0.25, 0.3) is 5.65 Å². The van der Waals surface area contributed by atoms with E-state index in [1.165, 1.54) is 0 Å². The zero-order chi connectivity index (χ0) is 13.1. The second-order valence-corrected chi connectivity index (χ2v) is 4.12. The lowest BCUT2D eigenvalue weighted by molar-refractivity contribution is 0.0948. The molecule has 2 rings (SSSR count). The predicted molar refractivity (Wildman–Crippen MR) is 70.8 cm³/mol. The number of imidazole rings is 1. The number of fused-ring (bicyclic) bond motifs is 1. The molecular weight excluding hydrogens is 228 g/mol. The monoisotopic (exact) mass is 244 g/mol. The van der Waals surface area contributed by atoms with Gasteiger partial charge in [-0.3, -0.25) is 9.20 Å². The molecule has 2 heterocycles. The molecule has 0 atom stereocenters. The van der Waals surface area contributed by atoms with Crippen LogP contribution in [-0.2, 0) is 0 Å². The molecule has 18 heavy (non-hydrogen) atoms. The van der Waals surface area contributed by atoms with Gasteiger partial charge in [-0.15, -0.1) is 0 Å². The number of pyridine rings is 1. The minimum atomic E-state index is -0.237. The molecule has 0 radical (unpaired) electrons. The Hall–Kier alpha value is -2.17. The Balaban J connectivity index is 2.36. The van der Waals surface area contributed by atoms with Crippen LogP contribution in [-0.4, -0.2) is 21.0 Å². The minimum absolute atomic E-state index is 0.237. The SMILES string of the molecule is CC/C(C)=N\NC(=O)c1c(C)nc2ccccn12. The summed E-state index contributed by atoms with van der Waals surface area (Å²) in [6.07, 6.45) is 2.63. The van der Waals surface area contributed by atoms with E-state index in [1.807, 2.05) is 45.2 Å². The number of hydrogen-bond donors (Lipinski definition) is 1. The average molecular weight is 244 g/mol. The Kier molecular flexibility index (Phi) is 3.41. The maximum atomic E-state index is 12.1. The number of carbonyl (C=O) groups excluding carboxylic acids is 1. The molecule has 2 aromatic heterocycles. The quantitative estimate of drug-likeness (QED) is 0.664. The molecule has 0 aromatic carbocycles. The molecule has 0 spiro atoms. The number of carbonyl (C=O) groups is 1. The summed E-state index contributed by atoms with van der Waals surface area (Å²) < 4.78 is 1.77. The van der Waals surface area contributed by atoms with Gasteiger partial charge in [-0.1, -0.05) is 13.0 Å². The molecule has 1 N–H and O–H groups in total. The van der Waals surface area contributed by atoms with Crippen molar-refractivity contribution in [2.75, 3.05) is 0 Å². The van der Waals surface area contributed by atoms with Crippen LogP contribution in [0.1, 0.15) is 36.5 Å². The number of amides is 1. The molecule has 0 aliphatic carbocycles. The Morgan fingerprint density at radius 1 is 1.50 bits per heavy atom. The highest BCUT2D eigenvalue weighted by molar-refractivity contribution is 5.95. The van der Waals surface area contributed by atoms with E-state index in [0.717, 1.165) is 17.8 Å². The zero-order valence-electron chi connectivity index (χ0n) is 10.8. The number of hydrazone groups is 1. The van der Waals surface area contributed by atoms with E-state index in [9.17, 15) is 4.79 Å². The predicted octanol–water partition coefficient (Wildman–Crippen LogP) is 2.16. The molecular formula is C13H16N4O. The summed E-state index contributed by atoms with van der Waals surface area (Å²) in [5.41, 5.74) is 5.42. The largest absolute Gasteiger partial charge is 0.295 e. The highest BCUT2D eigenvalue weighted by atomic mass is 16.2. The molecule has 0 aliphatic heterocycles. The molecule has 0 bridgehead atoms. The highest BCUT2D eigenvalue weighted by Crippen LogP contribution is 2.11. The normalized spacial score (nSPS) is 11.8. The van der Waals surface area contributed by atoms with Crippen LogP contribution in [0, 0.1) is 6.92 Å². The summed E-state index contributed by atoms with van der Waals surface area (Å²) in [7, 11) is 0. The van der Waals surface area contributed by atoms with Crippen molar-refractivity contribution in [2.24, 2.45) is 5.10 Å². The molecule has 0 aliphatic rings. The number of nitrogens with one attached hydrogen (secondary N) is 1. The van der Waals surface area contributed by atoms with Crippen molar-refractivity contribution < 1.29 is 4.79 Å². The molecule has 5 nitrogen and oxygen atoms in total. The van der Waals surface area contributed by atoms with E-state index in [0.29, 0.717) is 11.4 Å². The van der Waals surface area contributed by atoms with Crippen LogP contribution in [0.5, 0.6) is 0 Å². The van der Waals surface area contributed by atoms with Crippen LogP contribution in [0.2, 0.25) is 0 Å². The van der Waals surface area contributed by atoms with Gasteiger partial charge in [0.05, 0.1) is 5.69 Å². The van der Waals surface area contributed by atoms with Gasteiger partial charge in [-0.05, 0) is 32.4 Å². The molecule has 2 aromatic rings. The van der Waals surface area contributed by atoms with Gasteiger partial charge >= 0.3 is 0 Å². The summed E-state index contributed by atoms with van der Waals surface area (Å²) in [6, 6.07) is 5.62. The van der Waals surface area contributed by atoms with Crippen LogP contribution >= 0.6 is 0 Å². The number of aromatic nitrogens is 2. The lowest BCUT2D eigenvalue weighted by atomic mass is 10.3. The van der Waals surface area contributed by atoms with E-state index in [4.69, 9.17) is 0 Å². The standard InChI is InChI=1S/C13H16N4O/c1-4-9(2)15-16-13(18)12-10(3)14-11-7-5-6-8-17(11)12/h5-8H,4H2,1-3H3,(H,16,18)/b15-9-. The van der Waals surface area contributed by atoms with Gasteiger partial charge in [-0.25, -0.2) is 10.4 Å². The summed E-state index contributed by atoms with van der Waals surface area (Å²) in [5.74, 6) is -0.237. The molecule has 0 saturated carbocycles. The van der Waals surface area contributed by atoms with E-state index < -0.39 is 0 Å². The van der Waals surface area contributed by atoms with Crippen LogP contribution < -0.4 is 5.43 Å². The first-order chi connectivity index (χ1) is 8.63. The smallest absolute Gasteiger partial charge is 0.290 e. The highest BCUT2D eigenvalue weighted by Gasteiger charge is 2.15.